The minimum Gasteiger partial charge on any atom is -0.382 e. The number of aromatic nitrogens is 1. The number of rotatable bonds is 5. The monoisotopic (exact) mass is 304 g/mol. The van der Waals surface area contributed by atoms with E-state index in [1.165, 1.54) is 11.3 Å². The maximum Gasteiger partial charge on any atom is 0.272 e. The molecule has 0 saturated heterocycles. The number of benzene rings is 1. The summed E-state index contributed by atoms with van der Waals surface area (Å²) >= 11 is 1.34. The van der Waals surface area contributed by atoms with Gasteiger partial charge in [-0.25, -0.2) is 4.98 Å². The van der Waals surface area contributed by atoms with Crippen molar-refractivity contribution in [2.75, 3.05) is 35.7 Å². The first-order valence-electron chi connectivity index (χ1n) is 6.92. The Hall–Kier alpha value is -2.08. The van der Waals surface area contributed by atoms with Crippen molar-refractivity contribution < 1.29 is 4.79 Å². The second kappa shape index (κ2) is 6.58. The molecule has 1 aromatic heterocycles. The van der Waals surface area contributed by atoms with Gasteiger partial charge in [0, 0.05) is 25.8 Å². The Morgan fingerprint density at radius 2 is 1.90 bits per heavy atom. The summed E-state index contributed by atoms with van der Waals surface area (Å²) in [4.78, 5) is 21.2. The molecule has 2 N–H and O–H groups in total. The summed E-state index contributed by atoms with van der Waals surface area (Å²) in [5.41, 5.74) is 6.79. The summed E-state index contributed by atoms with van der Waals surface area (Å²) in [6.45, 7) is 5.37. The summed E-state index contributed by atoms with van der Waals surface area (Å²) in [5, 5.41) is 0.766. The Bertz CT molecular complexity index is 611. The van der Waals surface area contributed by atoms with E-state index in [2.05, 4.69) is 4.98 Å². The Morgan fingerprint density at radius 1 is 1.24 bits per heavy atom. The molecule has 1 aromatic carbocycles. The molecule has 21 heavy (non-hydrogen) atoms. The van der Waals surface area contributed by atoms with E-state index in [9.17, 15) is 4.79 Å². The Labute approximate surface area is 129 Å². The van der Waals surface area contributed by atoms with Gasteiger partial charge in [0.15, 0.2) is 5.13 Å². The van der Waals surface area contributed by atoms with Gasteiger partial charge in [0.05, 0.1) is 0 Å². The fourth-order valence-corrected chi connectivity index (χ4v) is 2.91. The van der Waals surface area contributed by atoms with Crippen molar-refractivity contribution in [2.45, 2.75) is 13.8 Å². The molecule has 2 rings (SSSR count). The average Bonchev–Trinajstić information content (AvgIpc) is 2.90. The number of anilines is 3. The first-order chi connectivity index (χ1) is 10.1. The molecular weight excluding hydrogens is 284 g/mol. The highest BCUT2D eigenvalue weighted by Crippen LogP contribution is 2.29. The molecular formula is C15H20N4OS. The zero-order chi connectivity index (χ0) is 15.4. The van der Waals surface area contributed by atoms with E-state index in [0.29, 0.717) is 17.2 Å². The lowest BCUT2D eigenvalue weighted by Crippen LogP contribution is -2.30. The van der Waals surface area contributed by atoms with Crippen molar-refractivity contribution in [3.05, 3.63) is 35.2 Å². The number of hydrogen-bond acceptors (Lipinski definition) is 5. The van der Waals surface area contributed by atoms with Gasteiger partial charge in [-0.1, -0.05) is 29.5 Å². The van der Waals surface area contributed by atoms with Gasteiger partial charge < -0.3 is 15.5 Å². The van der Waals surface area contributed by atoms with E-state index in [1.807, 2.05) is 56.1 Å². The second-order valence-electron chi connectivity index (χ2n) is 4.61. The van der Waals surface area contributed by atoms with E-state index in [-0.39, 0.29) is 5.91 Å². The molecule has 1 amide bonds. The molecule has 112 valence electrons. The first-order valence-corrected chi connectivity index (χ1v) is 7.74. The van der Waals surface area contributed by atoms with Crippen LogP contribution in [0, 0.1) is 0 Å². The second-order valence-corrected chi connectivity index (χ2v) is 5.59. The number of thiazole rings is 1. The summed E-state index contributed by atoms with van der Waals surface area (Å²) in [5.74, 6) is 0.198. The van der Waals surface area contributed by atoms with Gasteiger partial charge in [-0.15, -0.1) is 0 Å². The number of carbonyl (C=O) groups excluding carboxylic acids is 1. The van der Waals surface area contributed by atoms with E-state index in [4.69, 9.17) is 5.73 Å². The normalized spacial score (nSPS) is 10.4. The number of nitrogens with two attached hydrogens (primary N) is 1. The highest BCUT2D eigenvalue weighted by molar-refractivity contribution is 7.18. The smallest absolute Gasteiger partial charge is 0.272 e. The van der Waals surface area contributed by atoms with Crippen LogP contribution in [0.1, 0.15) is 23.5 Å². The number of amides is 1. The number of nitrogen functional groups attached to an aromatic ring is 1. The van der Waals surface area contributed by atoms with Crippen molar-refractivity contribution in [2.24, 2.45) is 0 Å². The van der Waals surface area contributed by atoms with Crippen LogP contribution in [-0.4, -0.2) is 31.0 Å². The van der Waals surface area contributed by atoms with Crippen molar-refractivity contribution in [3.63, 3.8) is 0 Å². The third kappa shape index (κ3) is 3.16. The Balaban J connectivity index is 2.32. The van der Waals surface area contributed by atoms with Crippen LogP contribution in [0.15, 0.2) is 30.3 Å². The molecule has 0 aliphatic heterocycles. The van der Waals surface area contributed by atoms with Crippen LogP contribution in [0.3, 0.4) is 0 Å². The summed E-state index contributed by atoms with van der Waals surface area (Å²) < 4.78 is 0. The number of carbonyl (C=O) groups is 1. The SMILES string of the molecule is CCN(C)c1nc(N)c(C(=O)N(CC)c2ccccc2)s1. The van der Waals surface area contributed by atoms with E-state index >= 15 is 0 Å². The van der Waals surface area contributed by atoms with E-state index in [0.717, 1.165) is 17.4 Å². The van der Waals surface area contributed by atoms with Crippen LogP contribution in [0.2, 0.25) is 0 Å². The summed E-state index contributed by atoms with van der Waals surface area (Å²) in [7, 11) is 1.93. The Kier molecular flexibility index (Phi) is 4.80. The van der Waals surface area contributed by atoms with E-state index in [1.54, 1.807) is 4.90 Å². The average molecular weight is 304 g/mol. The van der Waals surface area contributed by atoms with Crippen LogP contribution < -0.4 is 15.5 Å². The summed E-state index contributed by atoms with van der Waals surface area (Å²) in [6.07, 6.45) is 0. The first kappa shape index (κ1) is 15.3. The lowest BCUT2D eigenvalue weighted by molar-refractivity contribution is 0.0993. The van der Waals surface area contributed by atoms with Crippen LogP contribution in [0.4, 0.5) is 16.6 Å². The third-order valence-corrected chi connectivity index (χ3v) is 4.44. The molecule has 2 aromatic rings. The molecule has 6 heteroatoms. The molecule has 0 unspecified atom stereocenters. The lowest BCUT2D eigenvalue weighted by Gasteiger charge is -2.20. The number of para-hydroxylation sites is 1. The fraction of sp³-hybridized carbons (Fsp3) is 0.333. The zero-order valence-electron chi connectivity index (χ0n) is 12.5. The lowest BCUT2D eigenvalue weighted by atomic mass is 10.2. The molecule has 0 saturated carbocycles. The van der Waals surface area contributed by atoms with Gasteiger partial charge in [-0.05, 0) is 26.0 Å². The highest BCUT2D eigenvalue weighted by Gasteiger charge is 2.23. The predicted molar refractivity (Wildman–Crippen MR) is 89.3 cm³/mol. The topological polar surface area (TPSA) is 62.5 Å². The fourth-order valence-electron chi connectivity index (χ4n) is 1.95. The number of nitrogens with zero attached hydrogens (tertiary/aromatic N) is 3. The predicted octanol–water partition coefficient (Wildman–Crippen LogP) is 2.85. The molecule has 0 aliphatic carbocycles. The van der Waals surface area contributed by atoms with Gasteiger partial charge in [0.1, 0.15) is 10.7 Å². The molecule has 0 aliphatic rings. The Morgan fingerprint density at radius 3 is 2.48 bits per heavy atom. The zero-order valence-corrected chi connectivity index (χ0v) is 13.4. The molecule has 0 bridgehead atoms. The van der Waals surface area contributed by atoms with E-state index < -0.39 is 0 Å². The van der Waals surface area contributed by atoms with Crippen molar-refractivity contribution in [3.8, 4) is 0 Å². The number of hydrogen-bond donors (Lipinski definition) is 1. The van der Waals surface area contributed by atoms with Crippen molar-refractivity contribution in [1.29, 1.82) is 0 Å². The maximum absolute atomic E-state index is 12.7. The molecule has 1 heterocycles. The summed E-state index contributed by atoms with van der Waals surface area (Å²) in [6, 6.07) is 9.59. The molecule has 0 atom stereocenters. The largest absolute Gasteiger partial charge is 0.382 e. The molecule has 0 radical (unpaired) electrons. The van der Waals surface area contributed by atoms with Crippen LogP contribution in [0.5, 0.6) is 0 Å². The van der Waals surface area contributed by atoms with Gasteiger partial charge in [0.2, 0.25) is 0 Å². The van der Waals surface area contributed by atoms with Crippen molar-refractivity contribution in [1.82, 2.24) is 4.98 Å². The molecule has 5 nitrogen and oxygen atoms in total. The standard InChI is InChI=1S/C15H20N4OS/c1-4-18(3)15-17-13(16)12(21-15)14(20)19(5-2)11-9-7-6-8-10-11/h6-10H,4-5,16H2,1-3H3. The molecule has 0 spiro atoms. The van der Waals surface area contributed by atoms with Crippen LogP contribution in [0.25, 0.3) is 0 Å². The highest BCUT2D eigenvalue weighted by atomic mass is 32.1. The van der Waals surface area contributed by atoms with Gasteiger partial charge in [-0.2, -0.15) is 0 Å². The van der Waals surface area contributed by atoms with Crippen LogP contribution in [-0.2, 0) is 0 Å². The van der Waals surface area contributed by atoms with Gasteiger partial charge >= 0.3 is 0 Å². The minimum atomic E-state index is -0.102. The quantitative estimate of drug-likeness (QED) is 0.922. The molecule has 0 fully saturated rings. The minimum absolute atomic E-state index is 0.102. The maximum atomic E-state index is 12.7. The van der Waals surface area contributed by atoms with Gasteiger partial charge in [-0.3, -0.25) is 4.79 Å². The van der Waals surface area contributed by atoms with Crippen LogP contribution >= 0.6 is 11.3 Å². The third-order valence-electron chi connectivity index (χ3n) is 3.27. The van der Waals surface area contributed by atoms with Crippen molar-refractivity contribution >= 4 is 33.9 Å². The van der Waals surface area contributed by atoms with Gasteiger partial charge in [0.25, 0.3) is 5.91 Å².